The van der Waals surface area contributed by atoms with E-state index in [1.54, 1.807) is 24.2 Å². The molecular formula is C21H17N3O. The molecular weight excluding hydrogens is 310 g/mol. The first-order valence-electron chi connectivity index (χ1n) is 8.13. The fraction of sp³-hybridized carbons (Fsp3) is 0.0952. The van der Waals surface area contributed by atoms with Crippen molar-refractivity contribution in [3.8, 4) is 0 Å². The maximum Gasteiger partial charge on any atom is 0.276 e. The summed E-state index contributed by atoms with van der Waals surface area (Å²) in [4.78, 5) is 23.5. The Hall–Kier alpha value is -3.27. The van der Waals surface area contributed by atoms with Gasteiger partial charge in [0.2, 0.25) is 0 Å². The molecule has 0 aliphatic rings. The number of carbonyl (C=O) groups is 1. The Morgan fingerprint density at radius 1 is 0.880 bits per heavy atom. The number of carbonyl (C=O) groups excluding carboxylic acids is 1. The van der Waals surface area contributed by atoms with Crippen LogP contribution in [-0.2, 0) is 0 Å². The smallest absolute Gasteiger partial charge is 0.276 e. The van der Waals surface area contributed by atoms with E-state index in [4.69, 9.17) is 0 Å². The molecule has 0 spiro atoms. The van der Waals surface area contributed by atoms with Crippen LogP contribution in [0.2, 0.25) is 0 Å². The van der Waals surface area contributed by atoms with Crippen LogP contribution in [0.4, 0.5) is 5.69 Å². The lowest BCUT2D eigenvalue weighted by atomic mass is 10.1. The number of aromatic nitrogens is 2. The molecule has 0 atom stereocenters. The summed E-state index contributed by atoms with van der Waals surface area (Å²) in [6.45, 7) is 2.02. The quantitative estimate of drug-likeness (QED) is 0.514. The first kappa shape index (κ1) is 15.3. The van der Waals surface area contributed by atoms with Gasteiger partial charge in [0.05, 0.1) is 11.0 Å². The van der Waals surface area contributed by atoms with Crippen molar-refractivity contribution in [3.63, 3.8) is 0 Å². The molecule has 0 aliphatic carbocycles. The number of anilines is 1. The Labute approximate surface area is 145 Å². The second-order valence-electron chi connectivity index (χ2n) is 6.11. The highest BCUT2D eigenvalue weighted by atomic mass is 16.2. The number of amides is 1. The lowest BCUT2D eigenvalue weighted by Crippen LogP contribution is -2.27. The van der Waals surface area contributed by atoms with E-state index in [1.165, 1.54) is 0 Å². The first-order valence-corrected chi connectivity index (χ1v) is 8.13. The summed E-state index contributed by atoms with van der Waals surface area (Å²) in [5, 5.41) is 1.99. The molecule has 4 heteroatoms. The Balaban J connectivity index is 1.79. The first-order chi connectivity index (χ1) is 12.1. The molecule has 2 aromatic heterocycles. The number of nitrogens with zero attached hydrogens (tertiary/aromatic N) is 3. The summed E-state index contributed by atoms with van der Waals surface area (Å²) in [5.74, 6) is -0.140. The number of rotatable bonds is 2. The van der Waals surface area contributed by atoms with Crippen molar-refractivity contribution in [3.05, 3.63) is 78.1 Å². The lowest BCUT2D eigenvalue weighted by Gasteiger charge is -2.17. The molecule has 0 unspecified atom stereocenters. The maximum absolute atomic E-state index is 12.9. The Bertz CT molecular complexity index is 1090. The third-order valence-electron chi connectivity index (χ3n) is 4.38. The van der Waals surface area contributed by atoms with Gasteiger partial charge in [-0.15, -0.1) is 0 Å². The van der Waals surface area contributed by atoms with Crippen LogP contribution in [0, 0.1) is 6.92 Å². The number of pyridine rings is 2. The van der Waals surface area contributed by atoms with Crippen LogP contribution >= 0.6 is 0 Å². The van der Waals surface area contributed by atoms with E-state index in [-0.39, 0.29) is 5.91 Å². The molecule has 0 bridgehead atoms. The third-order valence-corrected chi connectivity index (χ3v) is 4.38. The highest BCUT2D eigenvalue weighted by Crippen LogP contribution is 2.23. The van der Waals surface area contributed by atoms with Crippen molar-refractivity contribution < 1.29 is 4.79 Å². The molecule has 4 aromatic rings. The molecule has 2 aromatic carbocycles. The highest BCUT2D eigenvalue weighted by molar-refractivity contribution is 6.08. The van der Waals surface area contributed by atoms with Gasteiger partial charge in [-0.3, -0.25) is 9.78 Å². The molecule has 0 aliphatic heterocycles. The molecule has 4 nitrogen and oxygen atoms in total. The van der Waals surface area contributed by atoms with Gasteiger partial charge in [-0.1, -0.05) is 42.0 Å². The number of fused-ring (bicyclic) bond motifs is 3. The summed E-state index contributed by atoms with van der Waals surface area (Å²) in [5.41, 5.74) is 3.97. The summed E-state index contributed by atoms with van der Waals surface area (Å²) >= 11 is 0. The summed E-state index contributed by atoms with van der Waals surface area (Å²) in [7, 11) is 1.76. The van der Waals surface area contributed by atoms with Crippen LogP contribution in [0.5, 0.6) is 0 Å². The average molecular weight is 327 g/mol. The van der Waals surface area contributed by atoms with E-state index in [0.29, 0.717) is 5.69 Å². The minimum atomic E-state index is -0.140. The van der Waals surface area contributed by atoms with Gasteiger partial charge < -0.3 is 4.90 Å². The molecule has 0 fully saturated rings. The van der Waals surface area contributed by atoms with Crippen molar-refractivity contribution in [2.75, 3.05) is 11.9 Å². The van der Waals surface area contributed by atoms with Gasteiger partial charge in [-0.05, 0) is 31.2 Å². The van der Waals surface area contributed by atoms with E-state index < -0.39 is 0 Å². The van der Waals surface area contributed by atoms with Crippen LogP contribution in [-0.4, -0.2) is 22.9 Å². The van der Waals surface area contributed by atoms with Gasteiger partial charge in [-0.2, -0.15) is 0 Å². The van der Waals surface area contributed by atoms with Crippen molar-refractivity contribution in [2.24, 2.45) is 0 Å². The Morgan fingerprint density at radius 3 is 2.32 bits per heavy atom. The summed E-state index contributed by atoms with van der Waals surface area (Å²) in [6.07, 6.45) is 1.75. The van der Waals surface area contributed by atoms with Gasteiger partial charge in [0, 0.05) is 29.7 Å². The molecule has 0 saturated carbocycles. The zero-order valence-corrected chi connectivity index (χ0v) is 14.1. The van der Waals surface area contributed by atoms with Crippen molar-refractivity contribution in [2.45, 2.75) is 6.92 Å². The number of hydrogen-bond acceptors (Lipinski definition) is 3. The van der Waals surface area contributed by atoms with Gasteiger partial charge in [0.1, 0.15) is 5.69 Å². The fourth-order valence-corrected chi connectivity index (χ4v) is 2.90. The largest absolute Gasteiger partial charge is 0.310 e. The van der Waals surface area contributed by atoms with Crippen LogP contribution in [0.15, 0.2) is 66.9 Å². The standard InChI is InChI=1S/C21H17N3O/c1-14-5-10-17(11-6-14)24(2)21(25)18-12-9-16-8-7-15-4-3-13-22-19(15)20(16)23-18/h3-13H,1-2H3. The van der Waals surface area contributed by atoms with Gasteiger partial charge in [0.25, 0.3) is 5.91 Å². The third kappa shape index (κ3) is 2.72. The number of benzene rings is 2. The van der Waals surface area contributed by atoms with Gasteiger partial charge >= 0.3 is 0 Å². The summed E-state index contributed by atoms with van der Waals surface area (Å²) < 4.78 is 0. The number of hydrogen-bond donors (Lipinski definition) is 0. The normalized spacial score (nSPS) is 11.0. The van der Waals surface area contributed by atoms with Crippen LogP contribution in [0.1, 0.15) is 16.1 Å². The molecule has 122 valence electrons. The molecule has 0 N–H and O–H groups in total. The molecule has 2 heterocycles. The average Bonchev–Trinajstić information content (AvgIpc) is 2.67. The van der Waals surface area contributed by atoms with E-state index in [9.17, 15) is 4.79 Å². The summed E-state index contributed by atoms with van der Waals surface area (Å²) in [6, 6.07) is 19.5. The maximum atomic E-state index is 12.9. The Kier molecular flexibility index (Phi) is 3.65. The molecule has 1 amide bonds. The second kappa shape index (κ2) is 5.98. The van der Waals surface area contributed by atoms with E-state index in [1.807, 2.05) is 61.5 Å². The zero-order valence-electron chi connectivity index (χ0n) is 14.1. The van der Waals surface area contributed by atoms with Crippen LogP contribution in [0.3, 0.4) is 0 Å². The highest BCUT2D eigenvalue weighted by Gasteiger charge is 2.16. The molecule has 0 saturated heterocycles. The van der Waals surface area contributed by atoms with Crippen molar-refractivity contribution >= 4 is 33.4 Å². The van der Waals surface area contributed by atoms with Gasteiger partial charge in [0.15, 0.2) is 0 Å². The van der Waals surface area contributed by atoms with Gasteiger partial charge in [-0.25, -0.2) is 4.98 Å². The monoisotopic (exact) mass is 327 g/mol. The lowest BCUT2D eigenvalue weighted by molar-refractivity contribution is 0.0988. The fourth-order valence-electron chi connectivity index (χ4n) is 2.90. The predicted octanol–water partition coefficient (Wildman–Crippen LogP) is 4.37. The van der Waals surface area contributed by atoms with E-state index >= 15 is 0 Å². The van der Waals surface area contributed by atoms with E-state index in [0.717, 1.165) is 33.1 Å². The van der Waals surface area contributed by atoms with Crippen LogP contribution in [0.25, 0.3) is 21.8 Å². The van der Waals surface area contributed by atoms with Crippen molar-refractivity contribution in [1.82, 2.24) is 9.97 Å². The van der Waals surface area contributed by atoms with Crippen molar-refractivity contribution in [1.29, 1.82) is 0 Å². The van der Waals surface area contributed by atoms with Crippen LogP contribution < -0.4 is 4.90 Å². The van der Waals surface area contributed by atoms with E-state index in [2.05, 4.69) is 9.97 Å². The number of aryl methyl sites for hydroxylation is 1. The predicted molar refractivity (Wildman–Crippen MR) is 101 cm³/mol. The molecule has 0 radical (unpaired) electrons. The topological polar surface area (TPSA) is 46.1 Å². The minimum absolute atomic E-state index is 0.140. The Morgan fingerprint density at radius 2 is 1.56 bits per heavy atom. The SMILES string of the molecule is Cc1ccc(N(C)C(=O)c2ccc3ccc4cccnc4c3n2)cc1. The molecule has 4 rings (SSSR count). The molecule has 25 heavy (non-hydrogen) atoms. The second-order valence-corrected chi connectivity index (χ2v) is 6.11. The zero-order chi connectivity index (χ0) is 17.4. The minimum Gasteiger partial charge on any atom is -0.310 e.